The molecule has 4 heterocycles. The van der Waals surface area contributed by atoms with Crippen LogP contribution in [-0.4, -0.2) is 39.9 Å². The number of benzene rings is 1. The van der Waals surface area contributed by atoms with Gasteiger partial charge >= 0.3 is 0 Å². The van der Waals surface area contributed by atoms with Crippen LogP contribution in [0.3, 0.4) is 0 Å². The predicted molar refractivity (Wildman–Crippen MR) is 118 cm³/mol. The number of aliphatic imine (C=N–C) groups is 1. The normalized spacial score (nSPS) is 26.6. The number of fused-ring (bicyclic) bond motifs is 1. The highest BCUT2D eigenvalue weighted by Crippen LogP contribution is 2.48. The van der Waals surface area contributed by atoms with E-state index >= 15 is 4.39 Å². The van der Waals surface area contributed by atoms with Crippen LogP contribution in [0.1, 0.15) is 55.9 Å². The second-order valence-corrected chi connectivity index (χ2v) is 9.08. The van der Waals surface area contributed by atoms with Crippen LogP contribution in [0.25, 0.3) is 0 Å². The zero-order valence-electron chi connectivity index (χ0n) is 16.8. The highest BCUT2D eigenvalue weighted by Gasteiger charge is 2.45. The summed E-state index contributed by atoms with van der Waals surface area (Å²) in [7, 11) is 0. The Morgan fingerprint density at radius 3 is 2.72 bits per heavy atom. The molecule has 29 heavy (non-hydrogen) atoms. The molecule has 0 spiro atoms. The number of hydrogen-bond acceptors (Lipinski definition) is 5. The van der Waals surface area contributed by atoms with E-state index < -0.39 is 0 Å². The molecule has 152 valence electrons. The summed E-state index contributed by atoms with van der Waals surface area (Å²) in [5, 5.41) is 1.08. The van der Waals surface area contributed by atoms with Gasteiger partial charge in [-0.25, -0.2) is 4.39 Å². The lowest BCUT2D eigenvalue weighted by Gasteiger charge is -2.33. The summed E-state index contributed by atoms with van der Waals surface area (Å²) in [6.07, 6.45) is 6.42. The Hall–Kier alpha value is -2.08. The molecule has 6 heteroatoms. The van der Waals surface area contributed by atoms with Gasteiger partial charge in [-0.1, -0.05) is 30.8 Å². The molecule has 2 fully saturated rings. The lowest BCUT2D eigenvalue weighted by molar-refractivity contribution is 0.255. The second-order valence-electron chi connectivity index (χ2n) is 8.09. The third-order valence-corrected chi connectivity index (χ3v) is 7.47. The number of nitrogens with zero attached hydrogens (tertiary/aromatic N) is 4. The highest BCUT2D eigenvalue weighted by molar-refractivity contribution is 8.14. The average molecular weight is 411 g/mol. The fourth-order valence-electron chi connectivity index (χ4n) is 4.81. The number of pyridine rings is 1. The second kappa shape index (κ2) is 7.98. The third-order valence-electron chi connectivity index (χ3n) is 6.34. The van der Waals surface area contributed by atoms with Crippen molar-refractivity contribution in [3.05, 3.63) is 59.7 Å². The van der Waals surface area contributed by atoms with E-state index in [1.807, 2.05) is 42.2 Å². The Labute approximate surface area is 176 Å². The Morgan fingerprint density at radius 2 is 2.00 bits per heavy atom. The number of rotatable bonds is 4. The number of thioether (sulfide) groups is 1. The first-order valence-electron chi connectivity index (χ1n) is 10.7. The molecule has 0 aliphatic carbocycles. The minimum atomic E-state index is -0.113. The molecule has 2 saturated heterocycles. The van der Waals surface area contributed by atoms with Crippen LogP contribution >= 0.6 is 11.8 Å². The largest absolute Gasteiger partial charge is 0.369 e. The molecule has 0 saturated carbocycles. The zero-order valence-corrected chi connectivity index (χ0v) is 17.6. The van der Waals surface area contributed by atoms with Gasteiger partial charge in [-0.05, 0) is 55.5 Å². The predicted octanol–water partition coefficient (Wildman–Crippen LogP) is 5.19. The number of aromatic nitrogens is 1. The van der Waals surface area contributed by atoms with Crippen LogP contribution in [0.2, 0.25) is 0 Å². The van der Waals surface area contributed by atoms with Gasteiger partial charge in [0.2, 0.25) is 0 Å². The average Bonchev–Trinajstić information content (AvgIpc) is 3.34. The van der Waals surface area contributed by atoms with Crippen LogP contribution in [0.5, 0.6) is 0 Å². The Kier molecular flexibility index (Phi) is 5.20. The molecule has 1 aromatic carbocycles. The van der Waals surface area contributed by atoms with Gasteiger partial charge in [-0.15, -0.1) is 0 Å². The van der Waals surface area contributed by atoms with Crippen LogP contribution in [0, 0.1) is 5.82 Å². The van der Waals surface area contributed by atoms with Crippen molar-refractivity contribution in [2.75, 3.05) is 23.7 Å². The molecule has 3 aliphatic rings. The SMILES string of the molecule is CC[C@H]1CSC2=N[C@@H](c3ccccn3)[C@@H](c3ccc(N4CCCCC4)c(F)c3)N21. The number of anilines is 1. The van der Waals surface area contributed by atoms with Crippen molar-refractivity contribution in [2.45, 2.75) is 50.7 Å². The summed E-state index contributed by atoms with van der Waals surface area (Å²) in [5.41, 5.74) is 2.69. The van der Waals surface area contributed by atoms with Crippen molar-refractivity contribution in [3.8, 4) is 0 Å². The fraction of sp³-hybridized carbons (Fsp3) is 0.478. The molecule has 0 unspecified atom stereocenters. The van der Waals surface area contributed by atoms with E-state index in [-0.39, 0.29) is 17.9 Å². The molecular formula is C23H27FN4S. The maximum Gasteiger partial charge on any atom is 0.160 e. The number of piperidine rings is 1. The molecule has 2 aromatic rings. The summed E-state index contributed by atoms with van der Waals surface area (Å²) in [5.74, 6) is 0.937. The van der Waals surface area contributed by atoms with Gasteiger partial charge in [-0.3, -0.25) is 9.98 Å². The number of amidine groups is 1. The monoisotopic (exact) mass is 410 g/mol. The maximum absolute atomic E-state index is 15.2. The van der Waals surface area contributed by atoms with E-state index in [0.717, 1.165) is 60.2 Å². The lowest BCUT2D eigenvalue weighted by Crippen LogP contribution is -2.35. The Bertz CT molecular complexity index is 897. The first-order valence-corrected chi connectivity index (χ1v) is 11.7. The van der Waals surface area contributed by atoms with Crippen molar-refractivity contribution in [1.29, 1.82) is 0 Å². The number of halogens is 1. The lowest BCUT2D eigenvalue weighted by atomic mass is 9.94. The van der Waals surface area contributed by atoms with Crippen LogP contribution < -0.4 is 4.90 Å². The van der Waals surface area contributed by atoms with Gasteiger partial charge in [-0.2, -0.15) is 0 Å². The molecule has 1 aromatic heterocycles. The van der Waals surface area contributed by atoms with E-state index in [9.17, 15) is 0 Å². The van der Waals surface area contributed by atoms with E-state index in [0.29, 0.717) is 6.04 Å². The topological polar surface area (TPSA) is 31.7 Å². The summed E-state index contributed by atoms with van der Waals surface area (Å²) >= 11 is 1.82. The molecule has 0 radical (unpaired) electrons. The maximum atomic E-state index is 15.2. The van der Waals surface area contributed by atoms with Crippen LogP contribution in [0.15, 0.2) is 47.6 Å². The summed E-state index contributed by atoms with van der Waals surface area (Å²) in [6, 6.07) is 12.2. The molecular weight excluding hydrogens is 383 g/mol. The van der Waals surface area contributed by atoms with Crippen molar-refractivity contribution in [1.82, 2.24) is 9.88 Å². The van der Waals surface area contributed by atoms with Gasteiger partial charge in [0.1, 0.15) is 11.9 Å². The molecule has 3 aliphatic heterocycles. The van der Waals surface area contributed by atoms with Crippen molar-refractivity contribution in [2.24, 2.45) is 4.99 Å². The fourth-order valence-corrected chi connectivity index (χ4v) is 6.15. The van der Waals surface area contributed by atoms with E-state index in [1.54, 1.807) is 6.07 Å². The smallest absolute Gasteiger partial charge is 0.160 e. The van der Waals surface area contributed by atoms with Crippen LogP contribution in [-0.2, 0) is 0 Å². The number of hydrogen-bond donors (Lipinski definition) is 0. The van der Waals surface area contributed by atoms with Crippen molar-refractivity contribution < 1.29 is 4.39 Å². The van der Waals surface area contributed by atoms with Crippen molar-refractivity contribution in [3.63, 3.8) is 0 Å². The molecule has 0 amide bonds. The minimum Gasteiger partial charge on any atom is -0.369 e. The van der Waals surface area contributed by atoms with Gasteiger partial charge in [0, 0.05) is 31.1 Å². The Balaban J connectivity index is 1.52. The van der Waals surface area contributed by atoms with Gasteiger partial charge in [0.25, 0.3) is 0 Å². The van der Waals surface area contributed by atoms with Gasteiger partial charge < -0.3 is 9.80 Å². The molecule has 4 nitrogen and oxygen atoms in total. The van der Waals surface area contributed by atoms with Crippen LogP contribution in [0.4, 0.5) is 10.1 Å². The van der Waals surface area contributed by atoms with E-state index in [1.165, 1.54) is 6.42 Å². The Morgan fingerprint density at radius 1 is 1.14 bits per heavy atom. The minimum absolute atomic E-state index is 0.00440. The summed E-state index contributed by atoms with van der Waals surface area (Å²) in [6.45, 7) is 4.12. The zero-order chi connectivity index (χ0) is 19.8. The van der Waals surface area contributed by atoms with E-state index in [4.69, 9.17) is 4.99 Å². The third kappa shape index (κ3) is 3.41. The quantitative estimate of drug-likeness (QED) is 0.694. The molecule has 3 atom stereocenters. The molecule has 0 N–H and O–H groups in total. The highest BCUT2D eigenvalue weighted by atomic mass is 32.2. The van der Waals surface area contributed by atoms with Crippen molar-refractivity contribution >= 4 is 22.6 Å². The molecule has 0 bridgehead atoms. The first-order chi connectivity index (χ1) is 14.3. The van der Waals surface area contributed by atoms with Gasteiger partial charge in [0.05, 0.1) is 17.4 Å². The van der Waals surface area contributed by atoms with E-state index in [2.05, 4.69) is 27.8 Å². The molecule has 5 rings (SSSR count). The first kappa shape index (κ1) is 18.9. The summed E-state index contributed by atoms with van der Waals surface area (Å²) < 4.78 is 15.2. The summed E-state index contributed by atoms with van der Waals surface area (Å²) in [4.78, 5) is 14.2. The standard InChI is InChI=1S/C23H27FN4S/c1-2-17-15-29-23-26-21(19-8-4-5-11-25-19)22(28(17)23)16-9-10-20(18(24)14-16)27-12-6-3-7-13-27/h4-5,8-11,14,17,21-22H,2-3,6-7,12-13,15H2,1H3/t17-,21-,22+/m0/s1. The van der Waals surface area contributed by atoms with Gasteiger partial charge in [0.15, 0.2) is 5.17 Å².